The third kappa shape index (κ3) is 3.72. The van der Waals surface area contributed by atoms with E-state index >= 15 is 0 Å². The summed E-state index contributed by atoms with van der Waals surface area (Å²) in [5, 5.41) is 9.73. The van der Waals surface area contributed by atoms with Crippen molar-refractivity contribution < 1.29 is 5.11 Å². The van der Waals surface area contributed by atoms with Gasteiger partial charge in [0.05, 0.1) is 6.10 Å². The maximum absolute atomic E-state index is 9.73. The normalized spacial score (nSPS) is 15.0. The summed E-state index contributed by atoms with van der Waals surface area (Å²) in [5.74, 6) is 0.288. The number of hydrogen-bond acceptors (Lipinski definition) is 1. The summed E-state index contributed by atoms with van der Waals surface area (Å²) in [5.41, 5.74) is 2.09. The molecule has 0 saturated heterocycles. The van der Waals surface area contributed by atoms with Gasteiger partial charge in [0, 0.05) is 0 Å². The molecule has 0 aliphatic carbocycles. The standard InChI is InChI=1S/C11H20O/c1-6-10(7-8(2)3)11(12)9(4)5/h7,9,11-12H,2,6H2,1,3-5H3/b10-7+. The maximum Gasteiger partial charge on any atom is 0.0776 e. The average molecular weight is 168 g/mol. The van der Waals surface area contributed by atoms with Gasteiger partial charge >= 0.3 is 0 Å². The van der Waals surface area contributed by atoms with Crippen LogP contribution in [0.25, 0.3) is 0 Å². The number of hydrogen-bond donors (Lipinski definition) is 1. The molecule has 0 aromatic heterocycles. The quantitative estimate of drug-likeness (QED) is 0.640. The first-order chi connectivity index (χ1) is 5.49. The highest BCUT2D eigenvalue weighted by molar-refractivity contribution is 5.21. The van der Waals surface area contributed by atoms with Gasteiger partial charge in [-0.25, -0.2) is 0 Å². The highest BCUT2D eigenvalue weighted by Gasteiger charge is 2.12. The highest BCUT2D eigenvalue weighted by Crippen LogP contribution is 2.16. The van der Waals surface area contributed by atoms with Gasteiger partial charge in [-0.3, -0.25) is 0 Å². The Hall–Kier alpha value is -0.560. The van der Waals surface area contributed by atoms with Crippen molar-refractivity contribution in [1.82, 2.24) is 0 Å². The lowest BCUT2D eigenvalue weighted by atomic mass is 9.96. The molecule has 0 aromatic carbocycles. The topological polar surface area (TPSA) is 20.2 Å². The summed E-state index contributed by atoms with van der Waals surface area (Å²) in [4.78, 5) is 0. The van der Waals surface area contributed by atoms with Gasteiger partial charge in [-0.15, -0.1) is 0 Å². The molecular weight excluding hydrogens is 148 g/mol. The molecular formula is C11H20O. The molecule has 70 valence electrons. The van der Waals surface area contributed by atoms with Crippen molar-refractivity contribution >= 4 is 0 Å². The van der Waals surface area contributed by atoms with Crippen LogP contribution in [0.2, 0.25) is 0 Å². The molecule has 0 heterocycles. The second kappa shape index (κ2) is 5.15. The van der Waals surface area contributed by atoms with Gasteiger partial charge in [-0.2, -0.15) is 0 Å². The summed E-state index contributed by atoms with van der Waals surface area (Å²) in [7, 11) is 0. The number of rotatable bonds is 4. The fraction of sp³-hybridized carbons (Fsp3) is 0.636. The Morgan fingerprint density at radius 1 is 1.50 bits per heavy atom. The lowest BCUT2D eigenvalue weighted by molar-refractivity contribution is 0.157. The molecule has 0 bridgehead atoms. The van der Waals surface area contributed by atoms with Gasteiger partial charge in [-0.05, 0) is 24.8 Å². The van der Waals surface area contributed by atoms with E-state index in [0.717, 1.165) is 17.6 Å². The fourth-order valence-electron chi connectivity index (χ4n) is 1.14. The van der Waals surface area contributed by atoms with E-state index in [1.807, 2.05) is 26.8 Å². The van der Waals surface area contributed by atoms with E-state index in [1.54, 1.807) is 0 Å². The van der Waals surface area contributed by atoms with E-state index in [9.17, 15) is 5.11 Å². The second-order valence-electron chi connectivity index (χ2n) is 3.61. The second-order valence-corrected chi connectivity index (χ2v) is 3.61. The summed E-state index contributed by atoms with van der Waals surface area (Å²) in [6.07, 6.45) is 2.56. The molecule has 0 saturated carbocycles. The fourth-order valence-corrected chi connectivity index (χ4v) is 1.14. The Kier molecular flexibility index (Phi) is 4.91. The van der Waals surface area contributed by atoms with Crippen molar-refractivity contribution in [2.24, 2.45) is 5.92 Å². The van der Waals surface area contributed by atoms with Crippen molar-refractivity contribution in [3.63, 3.8) is 0 Å². The van der Waals surface area contributed by atoms with E-state index in [1.165, 1.54) is 0 Å². The zero-order valence-corrected chi connectivity index (χ0v) is 8.59. The molecule has 1 heteroatoms. The van der Waals surface area contributed by atoms with Gasteiger partial charge in [-0.1, -0.05) is 39.0 Å². The van der Waals surface area contributed by atoms with Crippen molar-refractivity contribution in [2.45, 2.75) is 40.2 Å². The Morgan fingerprint density at radius 2 is 2.00 bits per heavy atom. The molecule has 0 spiro atoms. The van der Waals surface area contributed by atoms with Crippen LogP contribution in [0.3, 0.4) is 0 Å². The Labute approximate surface area is 75.8 Å². The minimum atomic E-state index is -0.313. The zero-order valence-electron chi connectivity index (χ0n) is 8.59. The largest absolute Gasteiger partial charge is 0.388 e. The molecule has 0 aliphatic heterocycles. The van der Waals surface area contributed by atoms with Crippen LogP contribution in [0, 0.1) is 5.92 Å². The Bertz CT molecular complexity index is 177. The van der Waals surface area contributed by atoms with Crippen LogP contribution in [0.1, 0.15) is 34.1 Å². The van der Waals surface area contributed by atoms with Crippen LogP contribution in [0.5, 0.6) is 0 Å². The molecule has 0 fully saturated rings. The van der Waals surface area contributed by atoms with Crippen LogP contribution in [-0.4, -0.2) is 11.2 Å². The molecule has 0 aromatic rings. The van der Waals surface area contributed by atoms with Crippen molar-refractivity contribution in [2.75, 3.05) is 0 Å². The predicted octanol–water partition coefficient (Wildman–Crippen LogP) is 2.92. The van der Waals surface area contributed by atoms with Crippen LogP contribution < -0.4 is 0 Å². The molecule has 0 amide bonds. The van der Waals surface area contributed by atoms with Gasteiger partial charge in [0.2, 0.25) is 0 Å². The molecule has 0 radical (unpaired) electrons. The first-order valence-corrected chi connectivity index (χ1v) is 4.53. The lowest BCUT2D eigenvalue weighted by Gasteiger charge is -2.17. The van der Waals surface area contributed by atoms with Crippen molar-refractivity contribution in [1.29, 1.82) is 0 Å². The number of aliphatic hydroxyl groups is 1. The summed E-state index contributed by atoms with van der Waals surface area (Å²) >= 11 is 0. The summed E-state index contributed by atoms with van der Waals surface area (Å²) in [6.45, 7) is 11.8. The Balaban J connectivity index is 4.44. The minimum absolute atomic E-state index is 0.288. The predicted molar refractivity (Wildman–Crippen MR) is 54.0 cm³/mol. The maximum atomic E-state index is 9.73. The SMILES string of the molecule is C=C(C)/C=C(\CC)C(O)C(C)C. The summed E-state index contributed by atoms with van der Waals surface area (Å²) in [6, 6.07) is 0. The third-order valence-corrected chi connectivity index (χ3v) is 1.85. The van der Waals surface area contributed by atoms with E-state index in [-0.39, 0.29) is 12.0 Å². The molecule has 1 atom stereocenters. The Morgan fingerprint density at radius 3 is 2.25 bits per heavy atom. The van der Waals surface area contributed by atoms with Crippen LogP contribution in [0.15, 0.2) is 23.8 Å². The summed E-state index contributed by atoms with van der Waals surface area (Å²) < 4.78 is 0. The molecule has 0 aliphatic rings. The van der Waals surface area contributed by atoms with Crippen LogP contribution >= 0.6 is 0 Å². The van der Waals surface area contributed by atoms with Crippen LogP contribution in [0.4, 0.5) is 0 Å². The van der Waals surface area contributed by atoms with Crippen molar-refractivity contribution in [3.8, 4) is 0 Å². The van der Waals surface area contributed by atoms with Crippen molar-refractivity contribution in [3.05, 3.63) is 23.8 Å². The molecule has 1 N–H and O–H groups in total. The lowest BCUT2D eigenvalue weighted by Crippen LogP contribution is -2.17. The smallest absolute Gasteiger partial charge is 0.0776 e. The van der Waals surface area contributed by atoms with Crippen LogP contribution in [-0.2, 0) is 0 Å². The highest BCUT2D eigenvalue weighted by atomic mass is 16.3. The molecule has 1 unspecified atom stereocenters. The average Bonchev–Trinajstić information content (AvgIpc) is 1.98. The monoisotopic (exact) mass is 168 g/mol. The molecule has 12 heavy (non-hydrogen) atoms. The van der Waals surface area contributed by atoms with Gasteiger partial charge < -0.3 is 5.11 Å². The van der Waals surface area contributed by atoms with E-state index in [4.69, 9.17) is 0 Å². The van der Waals surface area contributed by atoms with E-state index in [0.29, 0.717) is 0 Å². The first kappa shape index (κ1) is 11.4. The zero-order chi connectivity index (χ0) is 9.72. The molecule has 1 nitrogen and oxygen atoms in total. The third-order valence-electron chi connectivity index (χ3n) is 1.85. The van der Waals surface area contributed by atoms with E-state index < -0.39 is 0 Å². The van der Waals surface area contributed by atoms with E-state index in [2.05, 4.69) is 13.5 Å². The first-order valence-electron chi connectivity index (χ1n) is 4.53. The number of allylic oxidation sites excluding steroid dienone is 2. The van der Waals surface area contributed by atoms with Gasteiger partial charge in [0.25, 0.3) is 0 Å². The number of aliphatic hydroxyl groups excluding tert-OH is 1. The van der Waals surface area contributed by atoms with Gasteiger partial charge in [0.15, 0.2) is 0 Å². The minimum Gasteiger partial charge on any atom is -0.388 e. The van der Waals surface area contributed by atoms with Gasteiger partial charge in [0.1, 0.15) is 0 Å². The molecule has 0 rings (SSSR count).